The maximum Gasteiger partial charge on any atom is 0.410 e. The minimum absolute atomic E-state index is 0.0651. The summed E-state index contributed by atoms with van der Waals surface area (Å²) in [5, 5.41) is 8.78. The van der Waals surface area contributed by atoms with Gasteiger partial charge in [0.2, 0.25) is 0 Å². The summed E-state index contributed by atoms with van der Waals surface area (Å²) in [5.41, 5.74) is -0.562. The number of amides is 1. The van der Waals surface area contributed by atoms with Gasteiger partial charge in [-0.3, -0.25) is 0 Å². The first-order chi connectivity index (χ1) is 7.83. The summed E-state index contributed by atoms with van der Waals surface area (Å²) >= 11 is 0. The predicted octanol–water partition coefficient (Wildman–Crippen LogP) is 2.11. The highest BCUT2D eigenvalue weighted by Gasteiger charge is 2.37. The Hall–Kier alpha value is -0.840. The van der Waals surface area contributed by atoms with Crippen LogP contribution in [0.3, 0.4) is 0 Å². The first-order valence-corrected chi connectivity index (χ1v) is 6.08. The number of rotatable bonds is 3. The third-order valence-corrected chi connectivity index (χ3v) is 2.69. The van der Waals surface area contributed by atoms with E-state index in [1.54, 1.807) is 20.8 Å². The largest absolute Gasteiger partial charge is 0.444 e. The van der Waals surface area contributed by atoms with Crippen LogP contribution in [0.15, 0.2) is 0 Å². The SMILES string of the molecule is CC(C)(C)OC(=O)N1C[C@H](F)C[C@H]1CCCO. The van der Waals surface area contributed by atoms with Gasteiger partial charge in [0.1, 0.15) is 11.8 Å². The van der Waals surface area contributed by atoms with Crippen LogP contribution in [0.1, 0.15) is 40.0 Å². The number of ether oxygens (including phenoxy) is 1. The summed E-state index contributed by atoms with van der Waals surface area (Å²) < 4.78 is 18.6. The van der Waals surface area contributed by atoms with Crippen molar-refractivity contribution >= 4 is 6.09 Å². The van der Waals surface area contributed by atoms with Gasteiger partial charge in [0.15, 0.2) is 0 Å². The molecule has 1 aliphatic heterocycles. The Kier molecular flexibility index (Phi) is 4.74. The number of hydrogen-bond donors (Lipinski definition) is 1. The maximum atomic E-state index is 13.3. The van der Waals surface area contributed by atoms with Crippen LogP contribution >= 0.6 is 0 Å². The van der Waals surface area contributed by atoms with Gasteiger partial charge in [-0.25, -0.2) is 9.18 Å². The first kappa shape index (κ1) is 14.2. The van der Waals surface area contributed by atoms with Crippen molar-refractivity contribution in [3.63, 3.8) is 0 Å². The third-order valence-electron chi connectivity index (χ3n) is 2.69. The van der Waals surface area contributed by atoms with E-state index in [1.807, 2.05) is 0 Å². The second-order valence-electron chi connectivity index (χ2n) is 5.49. The van der Waals surface area contributed by atoms with E-state index in [9.17, 15) is 9.18 Å². The molecule has 1 rings (SSSR count). The van der Waals surface area contributed by atoms with E-state index >= 15 is 0 Å². The van der Waals surface area contributed by atoms with Crippen LogP contribution in [0, 0.1) is 0 Å². The number of aliphatic hydroxyl groups excluding tert-OH is 1. The fourth-order valence-electron chi connectivity index (χ4n) is 2.00. The van der Waals surface area contributed by atoms with Crippen LogP contribution in [0.25, 0.3) is 0 Å². The number of nitrogens with zero attached hydrogens (tertiary/aromatic N) is 1. The molecule has 1 saturated heterocycles. The minimum Gasteiger partial charge on any atom is -0.444 e. The molecule has 0 unspecified atom stereocenters. The number of hydrogen-bond acceptors (Lipinski definition) is 3. The summed E-state index contributed by atoms with van der Waals surface area (Å²) in [4.78, 5) is 13.3. The molecule has 100 valence electrons. The Bertz CT molecular complexity index is 265. The molecule has 0 aliphatic carbocycles. The molecule has 0 aromatic rings. The molecule has 1 heterocycles. The summed E-state index contributed by atoms with van der Waals surface area (Å²) in [5.74, 6) is 0. The van der Waals surface area contributed by atoms with Crippen LogP contribution < -0.4 is 0 Å². The molecule has 0 aromatic heterocycles. The second-order valence-corrected chi connectivity index (χ2v) is 5.49. The van der Waals surface area contributed by atoms with Crippen LogP contribution in [0.5, 0.6) is 0 Å². The predicted molar refractivity (Wildman–Crippen MR) is 62.6 cm³/mol. The average molecular weight is 247 g/mol. The van der Waals surface area contributed by atoms with Crippen LogP contribution in [0.2, 0.25) is 0 Å². The zero-order valence-electron chi connectivity index (χ0n) is 10.8. The van der Waals surface area contributed by atoms with Gasteiger partial charge in [0.25, 0.3) is 0 Å². The topological polar surface area (TPSA) is 49.8 Å². The first-order valence-electron chi connectivity index (χ1n) is 6.08. The van der Waals surface area contributed by atoms with E-state index in [1.165, 1.54) is 4.90 Å². The number of halogens is 1. The monoisotopic (exact) mass is 247 g/mol. The van der Waals surface area contributed by atoms with Crippen molar-refractivity contribution in [2.24, 2.45) is 0 Å². The summed E-state index contributed by atoms with van der Waals surface area (Å²) in [6, 6.07) is -0.146. The minimum atomic E-state index is -0.980. The molecule has 0 bridgehead atoms. The van der Waals surface area contributed by atoms with E-state index in [0.29, 0.717) is 19.3 Å². The number of likely N-dealkylation sites (tertiary alicyclic amines) is 1. The van der Waals surface area contributed by atoms with Crippen molar-refractivity contribution in [3.05, 3.63) is 0 Å². The van der Waals surface area contributed by atoms with Crippen molar-refractivity contribution in [3.8, 4) is 0 Å². The van der Waals surface area contributed by atoms with Crippen LogP contribution in [0.4, 0.5) is 9.18 Å². The lowest BCUT2D eigenvalue weighted by Crippen LogP contribution is -2.40. The molecular formula is C12H22FNO3. The van der Waals surface area contributed by atoms with Crippen molar-refractivity contribution in [1.29, 1.82) is 0 Å². The molecule has 1 aliphatic rings. The Labute approximate surface area is 102 Å². The Balaban J connectivity index is 2.57. The van der Waals surface area contributed by atoms with Crippen molar-refractivity contribution < 1.29 is 19.0 Å². The second kappa shape index (κ2) is 5.67. The molecule has 0 spiro atoms. The molecule has 0 saturated carbocycles. The molecule has 4 nitrogen and oxygen atoms in total. The summed E-state index contributed by atoms with van der Waals surface area (Å²) in [6.45, 7) is 5.53. The fourth-order valence-corrected chi connectivity index (χ4v) is 2.00. The van der Waals surface area contributed by atoms with E-state index in [4.69, 9.17) is 9.84 Å². The number of carbonyl (C=O) groups excluding carboxylic acids is 1. The molecule has 1 fully saturated rings. The van der Waals surface area contributed by atoms with Crippen LogP contribution in [-0.4, -0.2) is 47.1 Å². The highest BCUT2D eigenvalue weighted by molar-refractivity contribution is 5.69. The lowest BCUT2D eigenvalue weighted by molar-refractivity contribution is 0.0208. The van der Waals surface area contributed by atoms with E-state index in [0.717, 1.165) is 0 Å². The Morgan fingerprint density at radius 3 is 2.71 bits per heavy atom. The zero-order valence-corrected chi connectivity index (χ0v) is 10.8. The zero-order chi connectivity index (χ0) is 13.1. The summed E-state index contributed by atoms with van der Waals surface area (Å²) in [7, 11) is 0. The quantitative estimate of drug-likeness (QED) is 0.831. The molecule has 17 heavy (non-hydrogen) atoms. The Morgan fingerprint density at radius 2 is 2.18 bits per heavy atom. The maximum absolute atomic E-state index is 13.3. The number of alkyl halides is 1. The van der Waals surface area contributed by atoms with E-state index < -0.39 is 17.9 Å². The van der Waals surface area contributed by atoms with Crippen LogP contribution in [-0.2, 0) is 4.74 Å². The van der Waals surface area contributed by atoms with Gasteiger partial charge in [-0.15, -0.1) is 0 Å². The molecule has 0 radical (unpaired) electrons. The van der Waals surface area contributed by atoms with Gasteiger partial charge in [-0.2, -0.15) is 0 Å². The number of carbonyl (C=O) groups is 1. The van der Waals surface area contributed by atoms with Gasteiger partial charge in [0.05, 0.1) is 6.54 Å². The highest BCUT2D eigenvalue weighted by Crippen LogP contribution is 2.25. The smallest absolute Gasteiger partial charge is 0.410 e. The summed E-state index contributed by atoms with van der Waals surface area (Å²) in [6.07, 6.45) is 0.110. The molecular weight excluding hydrogens is 225 g/mol. The van der Waals surface area contributed by atoms with E-state index in [-0.39, 0.29) is 19.2 Å². The fraction of sp³-hybridized carbons (Fsp3) is 0.917. The van der Waals surface area contributed by atoms with Gasteiger partial charge in [-0.05, 0) is 33.6 Å². The van der Waals surface area contributed by atoms with Gasteiger partial charge < -0.3 is 14.7 Å². The molecule has 1 N–H and O–H groups in total. The molecule has 2 atom stereocenters. The lowest BCUT2D eigenvalue weighted by Gasteiger charge is -2.28. The van der Waals surface area contributed by atoms with E-state index in [2.05, 4.69) is 0 Å². The normalized spacial score (nSPS) is 25.1. The van der Waals surface area contributed by atoms with Crippen molar-refractivity contribution in [2.45, 2.75) is 57.8 Å². The Morgan fingerprint density at radius 1 is 1.53 bits per heavy atom. The van der Waals surface area contributed by atoms with Gasteiger partial charge >= 0.3 is 6.09 Å². The molecule has 1 amide bonds. The van der Waals surface area contributed by atoms with Gasteiger partial charge in [0, 0.05) is 19.1 Å². The average Bonchev–Trinajstić information content (AvgIpc) is 2.54. The number of aliphatic hydroxyl groups is 1. The highest BCUT2D eigenvalue weighted by atomic mass is 19.1. The van der Waals surface area contributed by atoms with Gasteiger partial charge in [-0.1, -0.05) is 0 Å². The molecule has 0 aromatic carbocycles. The molecule has 5 heteroatoms. The third kappa shape index (κ3) is 4.50. The standard InChI is InChI=1S/C12H22FNO3/c1-12(2,3)17-11(16)14-8-9(13)7-10(14)5-4-6-15/h9-10,15H,4-8H2,1-3H3/t9-,10-/m1/s1. The lowest BCUT2D eigenvalue weighted by atomic mass is 10.1. The van der Waals surface area contributed by atoms with Crippen molar-refractivity contribution in [1.82, 2.24) is 4.90 Å². The van der Waals surface area contributed by atoms with Crippen molar-refractivity contribution in [2.75, 3.05) is 13.2 Å².